The Morgan fingerprint density at radius 2 is 1.70 bits per heavy atom. The molecule has 0 saturated carbocycles. The number of carbonyl (C=O) groups excluding carboxylic acids is 2. The van der Waals surface area contributed by atoms with Gasteiger partial charge in [-0.2, -0.15) is 0 Å². The third-order valence-electron chi connectivity index (χ3n) is 4.51. The van der Waals surface area contributed by atoms with Crippen LogP contribution in [-0.2, 0) is 23.8 Å². The fourth-order valence-corrected chi connectivity index (χ4v) is 3.32. The lowest BCUT2D eigenvalue weighted by molar-refractivity contribution is -0.385. The number of nitro benzene ring substituents is 1. The van der Waals surface area contributed by atoms with Crippen LogP contribution in [0.1, 0.15) is 39.2 Å². The van der Waals surface area contributed by atoms with Gasteiger partial charge in [-0.05, 0) is 27.7 Å². The predicted octanol–water partition coefficient (Wildman–Crippen LogP) is 2.97. The van der Waals surface area contributed by atoms with Crippen molar-refractivity contribution in [3.63, 3.8) is 0 Å². The van der Waals surface area contributed by atoms with E-state index < -0.39 is 28.9 Å². The van der Waals surface area contributed by atoms with Gasteiger partial charge in [0.15, 0.2) is 0 Å². The second-order valence-electron chi connectivity index (χ2n) is 7.03. The summed E-state index contributed by atoms with van der Waals surface area (Å²) in [6.45, 7) is 6.91. The first kappa shape index (κ1) is 23.1. The zero-order valence-corrected chi connectivity index (χ0v) is 17.7. The van der Waals surface area contributed by atoms with Gasteiger partial charge in [-0.3, -0.25) is 10.1 Å². The average molecular weight is 418 g/mol. The van der Waals surface area contributed by atoms with Crippen LogP contribution in [0.15, 0.2) is 46.8 Å². The largest absolute Gasteiger partial charge is 0.460 e. The molecule has 0 fully saturated rings. The molecule has 0 aromatic heterocycles. The molecule has 1 aliphatic rings. The molecule has 2 rings (SSSR count). The summed E-state index contributed by atoms with van der Waals surface area (Å²) < 4.78 is 15.6. The average Bonchev–Trinajstić information content (AvgIpc) is 2.66. The van der Waals surface area contributed by atoms with E-state index in [1.807, 2.05) is 0 Å². The Balaban J connectivity index is 2.66. The smallest absolute Gasteiger partial charge is 0.337 e. The Kier molecular flexibility index (Phi) is 7.71. The molecule has 0 amide bonds. The molecular weight excluding hydrogens is 392 g/mol. The summed E-state index contributed by atoms with van der Waals surface area (Å²) in [5.74, 6) is -2.37. The number of carbonyl (C=O) groups is 2. The zero-order chi connectivity index (χ0) is 22.4. The van der Waals surface area contributed by atoms with Crippen LogP contribution < -0.4 is 5.32 Å². The van der Waals surface area contributed by atoms with Gasteiger partial charge in [0, 0.05) is 30.1 Å². The van der Waals surface area contributed by atoms with Crippen molar-refractivity contribution in [1.82, 2.24) is 5.32 Å². The van der Waals surface area contributed by atoms with Crippen molar-refractivity contribution < 1.29 is 28.7 Å². The highest BCUT2D eigenvalue weighted by Gasteiger charge is 2.41. The number of para-hydroxylation sites is 1. The lowest BCUT2D eigenvalue weighted by Gasteiger charge is -2.30. The van der Waals surface area contributed by atoms with Gasteiger partial charge in [0.25, 0.3) is 5.69 Å². The highest BCUT2D eigenvalue weighted by Crippen LogP contribution is 2.42. The van der Waals surface area contributed by atoms with Crippen molar-refractivity contribution in [3.8, 4) is 0 Å². The molecule has 0 spiro atoms. The summed E-state index contributed by atoms with van der Waals surface area (Å²) in [5.41, 5.74) is 1.14. The monoisotopic (exact) mass is 418 g/mol. The van der Waals surface area contributed by atoms with Crippen LogP contribution >= 0.6 is 0 Å². The maximum absolute atomic E-state index is 12.9. The van der Waals surface area contributed by atoms with Crippen LogP contribution in [0.4, 0.5) is 5.69 Å². The number of esters is 2. The summed E-state index contributed by atoms with van der Waals surface area (Å²) >= 11 is 0. The number of ether oxygens (including phenoxy) is 3. The Morgan fingerprint density at radius 3 is 2.27 bits per heavy atom. The molecule has 0 saturated heterocycles. The quantitative estimate of drug-likeness (QED) is 0.296. The lowest BCUT2D eigenvalue weighted by Crippen LogP contribution is -2.33. The van der Waals surface area contributed by atoms with Crippen LogP contribution in [-0.4, -0.2) is 43.3 Å². The zero-order valence-electron chi connectivity index (χ0n) is 17.7. The lowest BCUT2D eigenvalue weighted by atomic mass is 9.79. The maximum atomic E-state index is 12.9. The SMILES string of the molecule is COCCOC(=O)C1=C(C)NC(C)=C(C(=O)OC(C)C)[C@@H]1c1ccccc1[N+](=O)[O-]. The minimum absolute atomic E-state index is 0.00415. The van der Waals surface area contributed by atoms with Gasteiger partial charge in [0.05, 0.1) is 34.7 Å². The molecule has 1 aromatic carbocycles. The van der Waals surface area contributed by atoms with Crippen LogP contribution in [0.2, 0.25) is 0 Å². The maximum Gasteiger partial charge on any atom is 0.337 e. The molecule has 0 aliphatic carbocycles. The third-order valence-corrected chi connectivity index (χ3v) is 4.51. The summed E-state index contributed by atoms with van der Waals surface area (Å²) in [5, 5.41) is 14.7. The second-order valence-corrected chi connectivity index (χ2v) is 7.03. The number of nitrogens with one attached hydrogen (secondary N) is 1. The van der Waals surface area contributed by atoms with E-state index in [-0.39, 0.29) is 35.6 Å². The van der Waals surface area contributed by atoms with E-state index in [1.165, 1.54) is 25.3 Å². The molecule has 1 aliphatic heterocycles. The topological polar surface area (TPSA) is 117 Å². The van der Waals surface area contributed by atoms with E-state index in [4.69, 9.17) is 14.2 Å². The van der Waals surface area contributed by atoms with Crippen molar-refractivity contribution in [3.05, 3.63) is 62.5 Å². The van der Waals surface area contributed by atoms with Gasteiger partial charge in [0.1, 0.15) is 6.61 Å². The Morgan fingerprint density at radius 1 is 1.10 bits per heavy atom. The molecule has 9 heteroatoms. The first-order valence-electron chi connectivity index (χ1n) is 9.47. The standard InChI is InChI=1S/C21H26N2O7/c1-12(2)30-21(25)18-14(4)22-13(3)17(20(24)29-11-10-28-5)19(18)15-8-6-7-9-16(15)23(26)27/h6-9,12,19,22H,10-11H2,1-5H3/t19-/m1/s1. The number of rotatable bonds is 8. The number of allylic oxidation sites excluding steroid dienone is 2. The summed E-state index contributed by atoms with van der Waals surface area (Å²) in [7, 11) is 1.47. The van der Waals surface area contributed by atoms with Crippen molar-refractivity contribution in [2.45, 2.75) is 39.7 Å². The first-order chi connectivity index (χ1) is 14.2. The molecular formula is C21H26N2O7. The van der Waals surface area contributed by atoms with Gasteiger partial charge in [-0.1, -0.05) is 18.2 Å². The van der Waals surface area contributed by atoms with E-state index in [9.17, 15) is 19.7 Å². The van der Waals surface area contributed by atoms with Crippen molar-refractivity contribution >= 4 is 17.6 Å². The summed E-state index contributed by atoms with van der Waals surface area (Å²) in [4.78, 5) is 37.0. The molecule has 0 radical (unpaired) electrons. The van der Waals surface area contributed by atoms with Gasteiger partial charge < -0.3 is 19.5 Å². The number of hydrogen-bond acceptors (Lipinski definition) is 8. The molecule has 1 aromatic rings. The Bertz CT molecular complexity index is 902. The van der Waals surface area contributed by atoms with Crippen LogP contribution in [0.5, 0.6) is 0 Å². The van der Waals surface area contributed by atoms with Crippen LogP contribution in [0.25, 0.3) is 0 Å². The number of hydrogen-bond donors (Lipinski definition) is 1. The molecule has 1 heterocycles. The van der Waals surface area contributed by atoms with Crippen molar-refractivity contribution in [2.24, 2.45) is 0 Å². The predicted molar refractivity (Wildman–Crippen MR) is 108 cm³/mol. The van der Waals surface area contributed by atoms with Crippen LogP contribution in [0, 0.1) is 10.1 Å². The highest BCUT2D eigenvalue weighted by molar-refractivity contribution is 6.00. The van der Waals surface area contributed by atoms with E-state index >= 15 is 0 Å². The van der Waals surface area contributed by atoms with Gasteiger partial charge in [0.2, 0.25) is 0 Å². The fourth-order valence-electron chi connectivity index (χ4n) is 3.32. The van der Waals surface area contributed by atoms with Gasteiger partial charge >= 0.3 is 11.9 Å². The normalized spacial score (nSPS) is 16.4. The van der Waals surface area contributed by atoms with E-state index in [0.717, 1.165) is 0 Å². The van der Waals surface area contributed by atoms with Crippen LogP contribution in [0.3, 0.4) is 0 Å². The van der Waals surface area contributed by atoms with E-state index in [2.05, 4.69) is 5.32 Å². The van der Waals surface area contributed by atoms with Crippen molar-refractivity contribution in [1.29, 1.82) is 0 Å². The molecule has 0 unspecified atom stereocenters. The third kappa shape index (κ3) is 5.04. The molecule has 162 valence electrons. The second kappa shape index (κ2) is 10.0. The minimum Gasteiger partial charge on any atom is -0.460 e. The van der Waals surface area contributed by atoms with Gasteiger partial charge in [-0.15, -0.1) is 0 Å². The molecule has 1 atom stereocenters. The number of methoxy groups -OCH3 is 1. The van der Waals surface area contributed by atoms with Gasteiger partial charge in [-0.25, -0.2) is 9.59 Å². The number of nitrogens with zero attached hydrogens (tertiary/aromatic N) is 1. The molecule has 9 nitrogen and oxygen atoms in total. The highest BCUT2D eigenvalue weighted by atomic mass is 16.6. The number of nitro groups is 1. The number of benzene rings is 1. The first-order valence-corrected chi connectivity index (χ1v) is 9.47. The Labute approximate surface area is 174 Å². The molecule has 0 bridgehead atoms. The van der Waals surface area contributed by atoms with E-state index in [1.54, 1.807) is 33.8 Å². The molecule has 1 N–H and O–H groups in total. The Hall–Kier alpha value is -3.20. The fraction of sp³-hybridized carbons (Fsp3) is 0.429. The minimum atomic E-state index is -1.02. The molecule has 30 heavy (non-hydrogen) atoms. The summed E-state index contributed by atoms with van der Waals surface area (Å²) in [6, 6.07) is 6.01. The van der Waals surface area contributed by atoms with E-state index in [0.29, 0.717) is 11.4 Å². The number of dihydropyridines is 1. The van der Waals surface area contributed by atoms with Crippen molar-refractivity contribution in [2.75, 3.05) is 20.3 Å². The summed E-state index contributed by atoms with van der Waals surface area (Å²) in [6.07, 6.45) is -0.409.